The SMILES string of the molecule is CC(C)C(CNCC1(O)CCOCC1)c1ccccc1. The van der Waals surface area contributed by atoms with E-state index in [0.29, 0.717) is 31.6 Å². The Morgan fingerprint density at radius 1 is 1.20 bits per heavy atom. The molecule has 0 aliphatic carbocycles. The topological polar surface area (TPSA) is 41.5 Å². The van der Waals surface area contributed by atoms with Crippen molar-refractivity contribution in [2.75, 3.05) is 26.3 Å². The lowest BCUT2D eigenvalue weighted by Crippen LogP contribution is -2.46. The van der Waals surface area contributed by atoms with Crippen molar-refractivity contribution in [2.24, 2.45) is 5.92 Å². The minimum atomic E-state index is -0.587. The van der Waals surface area contributed by atoms with Gasteiger partial charge in [-0.2, -0.15) is 0 Å². The third-order valence-corrected chi connectivity index (χ3v) is 4.27. The molecule has 1 atom stereocenters. The highest BCUT2D eigenvalue weighted by atomic mass is 16.5. The smallest absolute Gasteiger partial charge is 0.0815 e. The zero-order valence-electron chi connectivity index (χ0n) is 12.6. The van der Waals surface area contributed by atoms with Gasteiger partial charge in [0.2, 0.25) is 0 Å². The van der Waals surface area contributed by atoms with Gasteiger partial charge in [-0.15, -0.1) is 0 Å². The molecule has 1 heterocycles. The van der Waals surface area contributed by atoms with E-state index in [9.17, 15) is 5.11 Å². The van der Waals surface area contributed by atoms with Crippen molar-refractivity contribution in [3.8, 4) is 0 Å². The summed E-state index contributed by atoms with van der Waals surface area (Å²) in [4.78, 5) is 0. The summed E-state index contributed by atoms with van der Waals surface area (Å²) in [5, 5.41) is 13.9. The predicted molar refractivity (Wildman–Crippen MR) is 81.9 cm³/mol. The van der Waals surface area contributed by atoms with Crippen molar-refractivity contribution < 1.29 is 9.84 Å². The Bertz CT molecular complexity index is 385. The van der Waals surface area contributed by atoms with E-state index in [2.05, 4.69) is 49.5 Å². The molecule has 1 aliphatic rings. The Morgan fingerprint density at radius 2 is 1.85 bits per heavy atom. The maximum absolute atomic E-state index is 10.5. The van der Waals surface area contributed by atoms with Crippen LogP contribution in [0.25, 0.3) is 0 Å². The molecule has 2 N–H and O–H groups in total. The number of hydrogen-bond acceptors (Lipinski definition) is 3. The molecule has 0 aromatic heterocycles. The molecule has 1 fully saturated rings. The highest BCUT2D eigenvalue weighted by molar-refractivity contribution is 5.20. The highest BCUT2D eigenvalue weighted by Crippen LogP contribution is 2.24. The van der Waals surface area contributed by atoms with Gasteiger partial charge < -0.3 is 15.2 Å². The van der Waals surface area contributed by atoms with Crippen LogP contribution >= 0.6 is 0 Å². The van der Waals surface area contributed by atoms with Gasteiger partial charge in [-0.1, -0.05) is 44.2 Å². The number of aliphatic hydroxyl groups is 1. The van der Waals surface area contributed by atoms with Crippen LogP contribution in [0.1, 0.15) is 38.2 Å². The number of benzene rings is 1. The molecule has 1 saturated heterocycles. The van der Waals surface area contributed by atoms with Crippen molar-refractivity contribution in [2.45, 2.75) is 38.2 Å². The molecule has 1 aromatic rings. The first-order valence-electron chi connectivity index (χ1n) is 7.66. The van der Waals surface area contributed by atoms with Gasteiger partial charge in [-0.3, -0.25) is 0 Å². The second-order valence-corrected chi connectivity index (χ2v) is 6.23. The van der Waals surface area contributed by atoms with Gasteiger partial charge in [0.1, 0.15) is 0 Å². The summed E-state index contributed by atoms with van der Waals surface area (Å²) in [5.41, 5.74) is 0.783. The monoisotopic (exact) mass is 277 g/mol. The molecule has 3 nitrogen and oxygen atoms in total. The standard InChI is InChI=1S/C17H27NO2/c1-14(2)16(15-6-4-3-5-7-15)12-18-13-17(19)8-10-20-11-9-17/h3-7,14,16,18-19H,8-13H2,1-2H3. The third-order valence-electron chi connectivity index (χ3n) is 4.27. The molecule has 0 spiro atoms. The van der Waals surface area contributed by atoms with Crippen LogP contribution < -0.4 is 5.32 Å². The Morgan fingerprint density at radius 3 is 2.45 bits per heavy atom. The van der Waals surface area contributed by atoms with E-state index >= 15 is 0 Å². The molecule has 0 saturated carbocycles. The number of hydrogen-bond donors (Lipinski definition) is 2. The Balaban J connectivity index is 1.87. The van der Waals surface area contributed by atoms with E-state index in [1.54, 1.807) is 0 Å². The molecule has 0 amide bonds. The van der Waals surface area contributed by atoms with E-state index in [1.807, 2.05) is 0 Å². The first-order chi connectivity index (χ1) is 9.61. The van der Waals surface area contributed by atoms with Gasteiger partial charge >= 0.3 is 0 Å². The number of rotatable bonds is 6. The molecule has 3 heteroatoms. The summed E-state index contributed by atoms with van der Waals surface area (Å²) in [5.74, 6) is 1.06. The molecule has 1 unspecified atom stereocenters. The van der Waals surface area contributed by atoms with E-state index in [0.717, 1.165) is 19.4 Å². The van der Waals surface area contributed by atoms with E-state index in [-0.39, 0.29) is 0 Å². The minimum absolute atomic E-state index is 0.486. The molecular weight excluding hydrogens is 250 g/mol. The molecule has 112 valence electrons. The van der Waals surface area contributed by atoms with Crippen LogP contribution in [0.5, 0.6) is 0 Å². The second-order valence-electron chi connectivity index (χ2n) is 6.23. The van der Waals surface area contributed by atoms with Crippen molar-refractivity contribution >= 4 is 0 Å². The quantitative estimate of drug-likeness (QED) is 0.839. The fourth-order valence-electron chi connectivity index (χ4n) is 2.83. The summed E-state index contributed by atoms with van der Waals surface area (Å²) in [7, 11) is 0. The van der Waals surface area contributed by atoms with Gasteiger partial charge in [-0.25, -0.2) is 0 Å². The average molecular weight is 277 g/mol. The average Bonchev–Trinajstić information content (AvgIpc) is 2.45. The van der Waals surface area contributed by atoms with Crippen molar-refractivity contribution in [1.82, 2.24) is 5.32 Å². The molecule has 20 heavy (non-hydrogen) atoms. The zero-order chi connectivity index (χ0) is 14.4. The molecule has 1 aliphatic heterocycles. The van der Waals surface area contributed by atoms with E-state index in [4.69, 9.17) is 4.74 Å². The maximum atomic E-state index is 10.5. The largest absolute Gasteiger partial charge is 0.388 e. The lowest BCUT2D eigenvalue weighted by atomic mass is 9.88. The lowest BCUT2D eigenvalue weighted by Gasteiger charge is -2.33. The summed E-state index contributed by atoms with van der Waals surface area (Å²) in [6, 6.07) is 10.6. The maximum Gasteiger partial charge on any atom is 0.0815 e. The van der Waals surface area contributed by atoms with Gasteiger partial charge in [0.05, 0.1) is 5.60 Å². The van der Waals surface area contributed by atoms with Gasteiger partial charge in [0.15, 0.2) is 0 Å². The number of ether oxygens (including phenoxy) is 1. The molecule has 0 bridgehead atoms. The van der Waals surface area contributed by atoms with Crippen molar-refractivity contribution in [3.63, 3.8) is 0 Å². The van der Waals surface area contributed by atoms with Crippen molar-refractivity contribution in [3.05, 3.63) is 35.9 Å². The summed E-state index contributed by atoms with van der Waals surface area (Å²) in [6.45, 7) is 7.41. The molecule has 0 radical (unpaired) electrons. The highest BCUT2D eigenvalue weighted by Gasteiger charge is 2.29. The van der Waals surface area contributed by atoms with Crippen molar-refractivity contribution in [1.29, 1.82) is 0 Å². The van der Waals surface area contributed by atoms with Gasteiger partial charge in [0.25, 0.3) is 0 Å². The minimum Gasteiger partial charge on any atom is -0.388 e. The molecule has 1 aromatic carbocycles. The number of nitrogens with one attached hydrogen (secondary N) is 1. The van der Waals surface area contributed by atoms with E-state index < -0.39 is 5.60 Å². The normalized spacial score (nSPS) is 20.0. The summed E-state index contributed by atoms with van der Waals surface area (Å²) < 4.78 is 5.31. The van der Waals surface area contributed by atoms with Crippen LogP contribution in [0, 0.1) is 5.92 Å². The van der Waals surface area contributed by atoms with Crippen LogP contribution in [0.4, 0.5) is 0 Å². The lowest BCUT2D eigenvalue weighted by molar-refractivity contribution is -0.0616. The first-order valence-corrected chi connectivity index (χ1v) is 7.66. The second kappa shape index (κ2) is 7.21. The summed E-state index contributed by atoms with van der Waals surface area (Å²) >= 11 is 0. The van der Waals surface area contributed by atoms with Crippen LogP contribution in [-0.2, 0) is 4.74 Å². The van der Waals surface area contributed by atoms with E-state index in [1.165, 1.54) is 5.56 Å². The third kappa shape index (κ3) is 4.30. The molecule has 2 rings (SSSR count). The van der Waals surface area contributed by atoms with Gasteiger partial charge in [0, 0.05) is 39.1 Å². The Kier molecular flexibility index (Phi) is 5.58. The fraction of sp³-hybridized carbons (Fsp3) is 0.647. The zero-order valence-corrected chi connectivity index (χ0v) is 12.6. The Hall–Kier alpha value is -0.900. The van der Waals surface area contributed by atoms with Crippen LogP contribution in [0.15, 0.2) is 30.3 Å². The summed E-state index contributed by atoms with van der Waals surface area (Å²) in [6.07, 6.45) is 1.47. The molecular formula is C17H27NO2. The fourth-order valence-corrected chi connectivity index (χ4v) is 2.83. The van der Waals surface area contributed by atoms with Crippen LogP contribution in [0.3, 0.4) is 0 Å². The van der Waals surface area contributed by atoms with Crippen LogP contribution in [-0.4, -0.2) is 37.0 Å². The van der Waals surface area contributed by atoms with Crippen LogP contribution in [0.2, 0.25) is 0 Å². The van der Waals surface area contributed by atoms with Gasteiger partial charge in [-0.05, 0) is 17.4 Å². The predicted octanol–water partition coefficient (Wildman–Crippen LogP) is 2.56. The first kappa shape index (κ1) is 15.5. The Labute approximate surface area is 122 Å².